The lowest BCUT2D eigenvalue weighted by Crippen LogP contribution is -2.19. The Morgan fingerprint density at radius 1 is 1.33 bits per heavy atom. The third-order valence-electron chi connectivity index (χ3n) is 2.73. The second kappa shape index (κ2) is 7.81. The molecule has 1 aliphatic rings. The summed E-state index contributed by atoms with van der Waals surface area (Å²) in [5.74, 6) is 1.39. The zero-order valence-electron chi connectivity index (χ0n) is 9.22. The molecule has 1 aliphatic heterocycles. The summed E-state index contributed by atoms with van der Waals surface area (Å²) in [4.78, 5) is -0.288. The molecule has 15 heavy (non-hydrogen) atoms. The molecule has 0 aromatic carbocycles. The molecule has 4 heteroatoms. The summed E-state index contributed by atoms with van der Waals surface area (Å²) in [5, 5.41) is 0. The lowest BCUT2D eigenvalue weighted by molar-refractivity contribution is 0.568. The number of alkyl halides is 2. The predicted molar refractivity (Wildman–Crippen MR) is 72.3 cm³/mol. The quantitative estimate of drug-likeness (QED) is 0.364. The Morgan fingerprint density at radius 3 is 2.67 bits per heavy atom. The first-order valence-electron chi connectivity index (χ1n) is 5.72. The monoisotopic (exact) mass is 267 g/mol. The van der Waals surface area contributed by atoms with Crippen molar-refractivity contribution in [3.63, 3.8) is 0 Å². The van der Waals surface area contributed by atoms with Crippen LogP contribution in [0.3, 0.4) is 0 Å². The summed E-state index contributed by atoms with van der Waals surface area (Å²) >= 11 is 13.7. The molecule has 0 spiro atoms. The summed E-state index contributed by atoms with van der Waals surface area (Å²) < 4.78 is 4.42. The van der Waals surface area contributed by atoms with Crippen molar-refractivity contribution in [3.8, 4) is 0 Å². The van der Waals surface area contributed by atoms with Gasteiger partial charge in [-0.25, -0.2) is 4.40 Å². The Morgan fingerprint density at radius 2 is 2.13 bits per heavy atom. The van der Waals surface area contributed by atoms with E-state index in [9.17, 15) is 0 Å². The number of halogens is 2. The van der Waals surface area contributed by atoms with Crippen molar-refractivity contribution in [2.75, 3.05) is 5.75 Å². The van der Waals surface area contributed by atoms with E-state index in [2.05, 4.69) is 11.3 Å². The van der Waals surface area contributed by atoms with Crippen molar-refractivity contribution in [3.05, 3.63) is 0 Å². The second-order valence-electron chi connectivity index (χ2n) is 3.96. The van der Waals surface area contributed by atoms with Crippen molar-refractivity contribution in [2.45, 2.75) is 50.3 Å². The molecule has 0 aromatic rings. The number of rotatable bonds is 7. The van der Waals surface area contributed by atoms with Crippen LogP contribution in [-0.4, -0.2) is 16.3 Å². The van der Waals surface area contributed by atoms with E-state index in [1.807, 2.05) is 0 Å². The summed E-state index contributed by atoms with van der Waals surface area (Å²) in [5.41, 5.74) is 1.23. The summed E-state index contributed by atoms with van der Waals surface area (Å²) in [6, 6.07) is 0. The molecule has 1 unspecified atom stereocenters. The number of unbranched alkanes of at least 4 members (excludes halogenated alkanes) is 3. The molecule has 0 fully saturated rings. The first-order valence-corrected chi connectivity index (χ1v) is 7.54. The maximum atomic E-state index is 6.01. The largest absolute Gasteiger partial charge is 0.225 e. The van der Waals surface area contributed by atoms with E-state index in [4.69, 9.17) is 23.2 Å². The van der Waals surface area contributed by atoms with Gasteiger partial charge in [-0.05, 0) is 24.8 Å². The molecule has 0 amide bonds. The Bertz CT molecular complexity index is 207. The SMILES string of the molecule is CCCCCCC(C1=NSCC1)C(Cl)Cl. The molecule has 0 saturated carbocycles. The van der Waals surface area contributed by atoms with E-state index in [0.29, 0.717) is 5.92 Å². The number of hydrogen-bond acceptors (Lipinski definition) is 2. The number of hydrogen-bond donors (Lipinski definition) is 0. The van der Waals surface area contributed by atoms with Crippen LogP contribution in [0, 0.1) is 5.92 Å². The summed E-state index contributed by atoms with van der Waals surface area (Å²) in [7, 11) is 0. The van der Waals surface area contributed by atoms with Gasteiger partial charge in [0.2, 0.25) is 0 Å². The molecule has 0 aromatic heterocycles. The minimum atomic E-state index is -0.288. The molecule has 0 N–H and O–H groups in total. The molecular formula is C11H19Cl2NS. The van der Waals surface area contributed by atoms with Crippen molar-refractivity contribution in [1.82, 2.24) is 0 Å². The van der Waals surface area contributed by atoms with Gasteiger partial charge in [-0.15, -0.1) is 23.2 Å². The van der Waals surface area contributed by atoms with Gasteiger partial charge >= 0.3 is 0 Å². The van der Waals surface area contributed by atoms with Gasteiger partial charge in [0, 0.05) is 17.4 Å². The van der Waals surface area contributed by atoms with Crippen molar-refractivity contribution >= 4 is 40.9 Å². The van der Waals surface area contributed by atoms with E-state index < -0.39 is 0 Å². The molecule has 0 bridgehead atoms. The molecule has 0 saturated heterocycles. The maximum Gasteiger partial charge on any atom is 0.115 e. The first-order chi connectivity index (χ1) is 7.25. The van der Waals surface area contributed by atoms with Gasteiger partial charge in [0.05, 0.1) is 0 Å². The zero-order valence-corrected chi connectivity index (χ0v) is 11.5. The average Bonchev–Trinajstić information content (AvgIpc) is 2.70. The first kappa shape index (κ1) is 13.7. The van der Waals surface area contributed by atoms with Gasteiger partial charge in [-0.1, -0.05) is 32.6 Å². The fourth-order valence-electron chi connectivity index (χ4n) is 1.81. The van der Waals surface area contributed by atoms with Gasteiger partial charge in [0.1, 0.15) is 4.84 Å². The molecule has 1 atom stereocenters. The van der Waals surface area contributed by atoms with E-state index in [1.165, 1.54) is 31.4 Å². The molecule has 0 aliphatic carbocycles. The number of nitrogens with zero attached hydrogens (tertiary/aromatic N) is 1. The second-order valence-corrected chi connectivity index (χ2v) is 5.97. The Hall–Kier alpha value is 0.600. The lowest BCUT2D eigenvalue weighted by Gasteiger charge is -2.17. The van der Waals surface area contributed by atoms with Crippen LogP contribution in [0.15, 0.2) is 4.40 Å². The lowest BCUT2D eigenvalue weighted by atomic mass is 9.96. The van der Waals surface area contributed by atoms with Gasteiger partial charge in [0.15, 0.2) is 0 Å². The maximum absolute atomic E-state index is 6.01. The highest BCUT2D eigenvalue weighted by Gasteiger charge is 2.24. The Labute approximate surface area is 107 Å². The van der Waals surface area contributed by atoms with Crippen LogP contribution in [0.5, 0.6) is 0 Å². The zero-order chi connectivity index (χ0) is 11.1. The smallest absolute Gasteiger partial charge is 0.115 e. The summed E-state index contributed by atoms with van der Waals surface area (Å²) in [6.07, 6.45) is 7.25. The fraction of sp³-hybridized carbons (Fsp3) is 0.909. The van der Waals surface area contributed by atoms with Gasteiger partial charge in [0.25, 0.3) is 0 Å². The molecule has 88 valence electrons. The van der Waals surface area contributed by atoms with Gasteiger partial charge < -0.3 is 0 Å². The van der Waals surface area contributed by atoms with Crippen LogP contribution in [0.4, 0.5) is 0 Å². The van der Waals surface area contributed by atoms with E-state index in [-0.39, 0.29) is 4.84 Å². The third-order valence-corrected chi connectivity index (χ3v) is 4.09. The minimum Gasteiger partial charge on any atom is -0.225 e. The Kier molecular flexibility index (Phi) is 7.11. The van der Waals surface area contributed by atoms with Crippen LogP contribution in [0.1, 0.15) is 45.4 Å². The highest BCUT2D eigenvalue weighted by Crippen LogP contribution is 2.29. The standard InChI is InChI=1S/C11H19Cl2NS/c1-2-3-4-5-6-9(11(12)13)10-7-8-15-14-10/h9,11H,2-8H2,1H3. The van der Waals surface area contributed by atoms with Crippen LogP contribution in [-0.2, 0) is 0 Å². The highest BCUT2D eigenvalue weighted by atomic mass is 35.5. The van der Waals surface area contributed by atoms with Crippen molar-refractivity contribution < 1.29 is 0 Å². The van der Waals surface area contributed by atoms with Gasteiger partial charge in [-0.2, -0.15) is 0 Å². The van der Waals surface area contributed by atoms with Gasteiger partial charge in [-0.3, -0.25) is 0 Å². The van der Waals surface area contributed by atoms with Crippen molar-refractivity contribution in [2.24, 2.45) is 10.3 Å². The third kappa shape index (κ3) is 4.97. The molecule has 1 rings (SSSR count). The predicted octanol–water partition coefficient (Wildman–Crippen LogP) is 4.87. The fourth-order valence-corrected chi connectivity index (χ4v) is 3.13. The van der Waals surface area contributed by atoms with Crippen LogP contribution >= 0.6 is 35.1 Å². The topological polar surface area (TPSA) is 12.4 Å². The van der Waals surface area contributed by atoms with Crippen LogP contribution in [0.2, 0.25) is 0 Å². The Balaban J connectivity index is 2.30. The summed E-state index contributed by atoms with van der Waals surface area (Å²) in [6.45, 7) is 2.22. The molecule has 1 heterocycles. The minimum absolute atomic E-state index is 0.288. The van der Waals surface area contributed by atoms with E-state index >= 15 is 0 Å². The van der Waals surface area contributed by atoms with Crippen LogP contribution in [0.25, 0.3) is 0 Å². The molecule has 1 nitrogen and oxygen atoms in total. The van der Waals surface area contributed by atoms with Crippen molar-refractivity contribution in [1.29, 1.82) is 0 Å². The van der Waals surface area contributed by atoms with E-state index in [1.54, 1.807) is 11.9 Å². The molecular weight excluding hydrogens is 249 g/mol. The normalized spacial score (nSPS) is 18.3. The highest BCUT2D eigenvalue weighted by molar-refractivity contribution is 7.98. The van der Waals surface area contributed by atoms with E-state index in [0.717, 1.165) is 18.6 Å². The molecule has 0 radical (unpaired) electrons. The average molecular weight is 268 g/mol. The van der Waals surface area contributed by atoms with Crippen LogP contribution < -0.4 is 0 Å².